The van der Waals surface area contributed by atoms with E-state index in [9.17, 15) is 0 Å². The number of anilines is 2. The van der Waals surface area contributed by atoms with E-state index in [0.29, 0.717) is 0 Å². The number of hydrogen-bond donors (Lipinski definition) is 0. The Hall–Kier alpha value is -3.53. The third kappa shape index (κ3) is 2.83. The lowest BCUT2D eigenvalue weighted by atomic mass is 10.1. The van der Waals surface area contributed by atoms with Gasteiger partial charge in [-0.3, -0.25) is 4.98 Å². The van der Waals surface area contributed by atoms with Gasteiger partial charge in [0, 0.05) is 35.6 Å². The maximum atomic E-state index is 4.98. The SMILES string of the molecule is CCN(c1ccc2c(c1)C=CC2)c1nc(-c2ccncc2)nc2ccccc12. The summed E-state index contributed by atoms with van der Waals surface area (Å²) in [6.07, 6.45) is 8.99. The van der Waals surface area contributed by atoms with Crippen LogP contribution in [-0.4, -0.2) is 21.5 Å². The maximum absolute atomic E-state index is 4.98. The highest BCUT2D eigenvalue weighted by atomic mass is 15.2. The molecule has 2 aromatic carbocycles. The van der Waals surface area contributed by atoms with E-state index in [1.165, 1.54) is 11.1 Å². The average molecular weight is 364 g/mol. The van der Waals surface area contributed by atoms with E-state index >= 15 is 0 Å². The Balaban J connectivity index is 1.71. The highest BCUT2D eigenvalue weighted by Gasteiger charge is 2.17. The molecule has 5 rings (SSSR count). The van der Waals surface area contributed by atoms with E-state index in [1.54, 1.807) is 12.4 Å². The number of allylic oxidation sites excluding steroid dienone is 1. The molecule has 2 heterocycles. The zero-order chi connectivity index (χ0) is 18.9. The molecule has 4 aromatic rings. The summed E-state index contributed by atoms with van der Waals surface area (Å²) in [6.45, 7) is 2.98. The summed E-state index contributed by atoms with van der Waals surface area (Å²) in [6, 6.07) is 18.8. The first kappa shape index (κ1) is 16.6. The Bertz CT molecular complexity index is 1180. The lowest BCUT2D eigenvalue weighted by Crippen LogP contribution is -2.18. The topological polar surface area (TPSA) is 41.9 Å². The third-order valence-corrected chi connectivity index (χ3v) is 5.17. The maximum Gasteiger partial charge on any atom is 0.162 e. The molecule has 0 bridgehead atoms. The van der Waals surface area contributed by atoms with Crippen LogP contribution in [0.5, 0.6) is 0 Å². The normalized spacial score (nSPS) is 12.3. The van der Waals surface area contributed by atoms with Crippen LogP contribution in [0, 0.1) is 0 Å². The molecule has 0 fully saturated rings. The number of para-hydroxylation sites is 1. The molecule has 4 heteroatoms. The lowest BCUT2D eigenvalue weighted by molar-refractivity contribution is 0.991. The largest absolute Gasteiger partial charge is 0.326 e. The van der Waals surface area contributed by atoms with Crippen LogP contribution >= 0.6 is 0 Å². The molecular formula is C24H20N4. The van der Waals surface area contributed by atoms with Crippen molar-refractivity contribution >= 4 is 28.5 Å². The van der Waals surface area contributed by atoms with Gasteiger partial charge in [-0.15, -0.1) is 0 Å². The van der Waals surface area contributed by atoms with Crippen LogP contribution in [0.2, 0.25) is 0 Å². The van der Waals surface area contributed by atoms with Crippen molar-refractivity contribution in [3.63, 3.8) is 0 Å². The molecule has 0 saturated heterocycles. The van der Waals surface area contributed by atoms with Gasteiger partial charge >= 0.3 is 0 Å². The predicted octanol–water partition coefficient (Wildman–Crippen LogP) is 5.42. The van der Waals surface area contributed by atoms with Gasteiger partial charge in [0.2, 0.25) is 0 Å². The minimum absolute atomic E-state index is 0.718. The van der Waals surface area contributed by atoms with E-state index in [0.717, 1.165) is 46.8 Å². The zero-order valence-corrected chi connectivity index (χ0v) is 15.7. The van der Waals surface area contributed by atoms with Crippen molar-refractivity contribution in [2.75, 3.05) is 11.4 Å². The molecule has 28 heavy (non-hydrogen) atoms. The average Bonchev–Trinajstić information content (AvgIpc) is 3.23. The van der Waals surface area contributed by atoms with Crippen LogP contribution in [0.25, 0.3) is 28.4 Å². The first-order valence-electron chi connectivity index (χ1n) is 9.57. The fourth-order valence-electron chi connectivity index (χ4n) is 3.75. The molecule has 0 unspecified atom stereocenters. The molecule has 2 aromatic heterocycles. The smallest absolute Gasteiger partial charge is 0.162 e. The number of fused-ring (bicyclic) bond motifs is 2. The Morgan fingerprint density at radius 3 is 2.68 bits per heavy atom. The Labute approximate surface area is 164 Å². The quantitative estimate of drug-likeness (QED) is 0.485. The van der Waals surface area contributed by atoms with Crippen LogP contribution < -0.4 is 4.90 Å². The molecule has 0 spiro atoms. The van der Waals surface area contributed by atoms with Crippen molar-refractivity contribution in [2.45, 2.75) is 13.3 Å². The van der Waals surface area contributed by atoms with Gasteiger partial charge in [0.15, 0.2) is 5.82 Å². The van der Waals surface area contributed by atoms with Crippen molar-refractivity contribution in [1.29, 1.82) is 0 Å². The zero-order valence-electron chi connectivity index (χ0n) is 15.7. The van der Waals surface area contributed by atoms with Crippen LogP contribution in [0.15, 0.2) is 73.1 Å². The summed E-state index contributed by atoms with van der Waals surface area (Å²) in [5.41, 5.74) is 5.74. The Kier molecular flexibility index (Phi) is 4.09. The molecule has 0 atom stereocenters. The van der Waals surface area contributed by atoms with Gasteiger partial charge in [-0.05, 0) is 60.9 Å². The van der Waals surface area contributed by atoms with Crippen LogP contribution in [0.1, 0.15) is 18.1 Å². The van der Waals surface area contributed by atoms with E-state index in [-0.39, 0.29) is 0 Å². The van der Waals surface area contributed by atoms with Gasteiger partial charge < -0.3 is 4.90 Å². The monoisotopic (exact) mass is 364 g/mol. The van der Waals surface area contributed by atoms with Gasteiger partial charge in [-0.1, -0.05) is 30.4 Å². The van der Waals surface area contributed by atoms with E-state index in [1.807, 2.05) is 30.3 Å². The summed E-state index contributed by atoms with van der Waals surface area (Å²) in [5, 5.41) is 1.05. The minimum Gasteiger partial charge on any atom is -0.326 e. The predicted molar refractivity (Wildman–Crippen MR) is 115 cm³/mol. The molecule has 0 amide bonds. The number of pyridine rings is 1. The summed E-state index contributed by atoms with van der Waals surface area (Å²) in [7, 11) is 0. The van der Waals surface area contributed by atoms with E-state index < -0.39 is 0 Å². The molecule has 4 nitrogen and oxygen atoms in total. The fourth-order valence-corrected chi connectivity index (χ4v) is 3.75. The molecule has 0 saturated carbocycles. The summed E-state index contributed by atoms with van der Waals surface area (Å²) < 4.78 is 0. The van der Waals surface area contributed by atoms with Crippen molar-refractivity contribution in [3.05, 3.63) is 84.2 Å². The van der Waals surface area contributed by atoms with Crippen molar-refractivity contribution in [1.82, 2.24) is 15.0 Å². The van der Waals surface area contributed by atoms with Gasteiger partial charge in [0.05, 0.1) is 5.52 Å². The van der Waals surface area contributed by atoms with Gasteiger partial charge in [-0.25, -0.2) is 9.97 Å². The van der Waals surface area contributed by atoms with Crippen LogP contribution in [0.4, 0.5) is 11.5 Å². The first-order chi connectivity index (χ1) is 13.8. The molecule has 1 aliphatic carbocycles. The number of aromatic nitrogens is 3. The molecule has 0 radical (unpaired) electrons. The molecule has 0 N–H and O–H groups in total. The third-order valence-electron chi connectivity index (χ3n) is 5.17. The highest BCUT2D eigenvalue weighted by Crippen LogP contribution is 2.34. The van der Waals surface area contributed by atoms with Gasteiger partial charge in [-0.2, -0.15) is 0 Å². The number of rotatable bonds is 4. The number of benzene rings is 2. The fraction of sp³-hybridized carbons (Fsp3) is 0.125. The van der Waals surface area contributed by atoms with Gasteiger partial charge in [0.25, 0.3) is 0 Å². The second-order valence-electron chi connectivity index (χ2n) is 6.86. The Morgan fingerprint density at radius 1 is 0.964 bits per heavy atom. The number of nitrogens with zero attached hydrogens (tertiary/aromatic N) is 4. The van der Waals surface area contributed by atoms with Crippen molar-refractivity contribution < 1.29 is 0 Å². The molecule has 0 aliphatic heterocycles. The molecular weight excluding hydrogens is 344 g/mol. The lowest BCUT2D eigenvalue weighted by Gasteiger charge is -2.24. The van der Waals surface area contributed by atoms with Crippen LogP contribution in [-0.2, 0) is 6.42 Å². The minimum atomic E-state index is 0.718. The van der Waals surface area contributed by atoms with E-state index in [2.05, 4.69) is 53.2 Å². The van der Waals surface area contributed by atoms with Gasteiger partial charge in [0.1, 0.15) is 5.82 Å². The van der Waals surface area contributed by atoms with Crippen molar-refractivity contribution in [2.24, 2.45) is 0 Å². The first-order valence-corrected chi connectivity index (χ1v) is 9.57. The summed E-state index contributed by atoms with van der Waals surface area (Å²) in [5.74, 6) is 1.65. The second kappa shape index (κ2) is 6.89. The summed E-state index contributed by atoms with van der Waals surface area (Å²) in [4.78, 5) is 16.2. The summed E-state index contributed by atoms with van der Waals surface area (Å²) >= 11 is 0. The Morgan fingerprint density at radius 2 is 1.82 bits per heavy atom. The van der Waals surface area contributed by atoms with E-state index in [4.69, 9.17) is 9.97 Å². The van der Waals surface area contributed by atoms with Crippen LogP contribution in [0.3, 0.4) is 0 Å². The number of hydrogen-bond acceptors (Lipinski definition) is 4. The highest BCUT2D eigenvalue weighted by molar-refractivity contribution is 5.93. The second-order valence-corrected chi connectivity index (χ2v) is 6.86. The van der Waals surface area contributed by atoms with Crippen molar-refractivity contribution in [3.8, 4) is 11.4 Å². The standard InChI is InChI=1S/C24H20N4/c1-2-28(20-11-10-17-6-5-7-19(17)16-20)24-21-8-3-4-9-22(21)26-23(27-24)18-12-14-25-15-13-18/h3-5,7-16H,2,6H2,1H3. The molecule has 136 valence electrons. The molecule has 1 aliphatic rings.